The average Bonchev–Trinajstić information content (AvgIpc) is 2.48. The Bertz CT molecular complexity index is 358. The van der Waals surface area contributed by atoms with Crippen LogP contribution < -0.4 is 10.6 Å². The van der Waals surface area contributed by atoms with Crippen LogP contribution in [0.4, 0.5) is 0 Å². The lowest BCUT2D eigenvalue weighted by atomic mass is 10.1. The van der Waals surface area contributed by atoms with E-state index in [9.17, 15) is 4.79 Å². The normalized spacial score (nSPS) is 11.6. The largest absolute Gasteiger partial charge is 0.460 e. The highest BCUT2D eigenvalue weighted by atomic mass is 127. The number of hydrogen-bond acceptors (Lipinski definition) is 4. The van der Waals surface area contributed by atoms with Crippen molar-refractivity contribution in [1.82, 2.24) is 10.6 Å². The molecule has 0 spiro atoms. The summed E-state index contributed by atoms with van der Waals surface area (Å²) < 4.78 is 10.6. The van der Waals surface area contributed by atoms with E-state index in [0.29, 0.717) is 13.0 Å². The van der Waals surface area contributed by atoms with E-state index in [4.69, 9.17) is 9.47 Å². The molecule has 0 aliphatic carbocycles. The highest BCUT2D eigenvalue weighted by Gasteiger charge is 2.15. The Morgan fingerprint density at radius 2 is 1.72 bits per heavy atom. The molecule has 0 heterocycles. The van der Waals surface area contributed by atoms with Gasteiger partial charge in [0.2, 0.25) is 0 Å². The van der Waals surface area contributed by atoms with Gasteiger partial charge < -0.3 is 20.1 Å². The molecular formula is C18H38IN3O3. The number of hydrogen-bond donors (Lipinski definition) is 2. The van der Waals surface area contributed by atoms with E-state index in [2.05, 4.69) is 22.5 Å². The van der Waals surface area contributed by atoms with Gasteiger partial charge in [-0.15, -0.1) is 24.0 Å². The molecule has 0 rings (SSSR count). The number of carbonyl (C=O) groups is 1. The Morgan fingerprint density at radius 1 is 1.04 bits per heavy atom. The third-order valence-electron chi connectivity index (χ3n) is 3.07. The fraction of sp³-hybridized carbons (Fsp3) is 0.889. The second kappa shape index (κ2) is 16.9. The minimum atomic E-state index is -0.385. The first kappa shape index (κ1) is 26.7. The van der Waals surface area contributed by atoms with E-state index in [0.717, 1.165) is 57.9 Å². The maximum atomic E-state index is 11.6. The predicted octanol–water partition coefficient (Wildman–Crippen LogP) is 3.49. The fourth-order valence-electron chi connectivity index (χ4n) is 2.05. The minimum absolute atomic E-state index is 0. The van der Waals surface area contributed by atoms with Gasteiger partial charge in [0.05, 0.1) is 6.61 Å². The van der Waals surface area contributed by atoms with Gasteiger partial charge in [-0.3, -0.25) is 9.79 Å². The third-order valence-corrected chi connectivity index (χ3v) is 3.07. The molecule has 0 fully saturated rings. The van der Waals surface area contributed by atoms with Gasteiger partial charge in [0, 0.05) is 32.7 Å². The topological polar surface area (TPSA) is 72.0 Å². The Hall–Kier alpha value is -0.570. The molecule has 0 saturated carbocycles. The molecule has 0 radical (unpaired) electrons. The van der Waals surface area contributed by atoms with Crippen LogP contribution in [-0.2, 0) is 14.3 Å². The molecule has 25 heavy (non-hydrogen) atoms. The van der Waals surface area contributed by atoms with Gasteiger partial charge in [0.1, 0.15) is 5.60 Å². The number of halogens is 1. The van der Waals surface area contributed by atoms with Gasteiger partial charge in [0.15, 0.2) is 5.96 Å². The fourth-order valence-corrected chi connectivity index (χ4v) is 2.05. The van der Waals surface area contributed by atoms with Crippen molar-refractivity contribution in [2.24, 2.45) is 4.99 Å². The van der Waals surface area contributed by atoms with Crippen molar-refractivity contribution in [2.45, 2.75) is 72.3 Å². The number of nitrogens with one attached hydrogen (secondary N) is 2. The lowest BCUT2D eigenvalue weighted by molar-refractivity contribution is -0.154. The SMILES string of the molecule is CCNC(=NCCCCCCC(=O)OC(C)(C)C)NCCOCC.I. The van der Waals surface area contributed by atoms with E-state index in [1.54, 1.807) is 0 Å². The molecule has 0 aromatic heterocycles. The molecule has 150 valence electrons. The smallest absolute Gasteiger partial charge is 0.306 e. The zero-order valence-electron chi connectivity index (χ0n) is 16.7. The first-order valence-corrected chi connectivity index (χ1v) is 9.20. The van der Waals surface area contributed by atoms with Gasteiger partial charge >= 0.3 is 5.97 Å². The van der Waals surface area contributed by atoms with Crippen molar-refractivity contribution >= 4 is 35.9 Å². The molecule has 0 unspecified atom stereocenters. The van der Waals surface area contributed by atoms with E-state index in [-0.39, 0.29) is 35.5 Å². The Morgan fingerprint density at radius 3 is 2.32 bits per heavy atom. The van der Waals surface area contributed by atoms with Crippen molar-refractivity contribution in [3.63, 3.8) is 0 Å². The zero-order valence-corrected chi connectivity index (χ0v) is 19.0. The molecule has 0 amide bonds. The summed E-state index contributed by atoms with van der Waals surface area (Å²) in [5.74, 6) is 0.736. The predicted molar refractivity (Wildman–Crippen MR) is 115 cm³/mol. The molecule has 6 nitrogen and oxygen atoms in total. The van der Waals surface area contributed by atoms with Crippen LogP contribution in [0.25, 0.3) is 0 Å². The maximum absolute atomic E-state index is 11.6. The van der Waals surface area contributed by atoms with Crippen LogP contribution in [0.2, 0.25) is 0 Å². The highest BCUT2D eigenvalue weighted by Crippen LogP contribution is 2.11. The van der Waals surface area contributed by atoms with Crippen LogP contribution in [0.15, 0.2) is 4.99 Å². The second-order valence-electron chi connectivity index (χ2n) is 6.64. The molecular weight excluding hydrogens is 433 g/mol. The molecule has 0 bridgehead atoms. The summed E-state index contributed by atoms with van der Waals surface area (Å²) in [6.45, 7) is 13.5. The first-order chi connectivity index (χ1) is 11.4. The Labute approximate surface area is 170 Å². The molecule has 2 N–H and O–H groups in total. The summed E-state index contributed by atoms with van der Waals surface area (Å²) in [5.41, 5.74) is -0.385. The number of esters is 1. The van der Waals surface area contributed by atoms with Crippen molar-refractivity contribution in [1.29, 1.82) is 0 Å². The molecule has 0 atom stereocenters. The lowest BCUT2D eigenvalue weighted by Gasteiger charge is -2.19. The summed E-state index contributed by atoms with van der Waals surface area (Å²) >= 11 is 0. The summed E-state index contributed by atoms with van der Waals surface area (Å²) in [5, 5.41) is 6.47. The summed E-state index contributed by atoms with van der Waals surface area (Å²) in [4.78, 5) is 16.1. The van der Waals surface area contributed by atoms with Crippen LogP contribution in [0.3, 0.4) is 0 Å². The highest BCUT2D eigenvalue weighted by molar-refractivity contribution is 14.0. The number of carbonyl (C=O) groups excluding carboxylic acids is 1. The Kier molecular flexibility index (Phi) is 18.0. The van der Waals surface area contributed by atoms with Crippen LogP contribution in [0, 0.1) is 0 Å². The summed E-state index contributed by atoms with van der Waals surface area (Å²) in [6.07, 6.45) is 4.51. The number of ether oxygens (including phenoxy) is 2. The number of unbranched alkanes of at least 4 members (excludes halogenated alkanes) is 3. The number of nitrogens with zero attached hydrogens (tertiary/aromatic N) is 1. The average molecular weight is 471 g/mol. The van der Waals surface area contributed by atoms with Crippen LogP contribution in [-0.4, -0.2) is 50.4 Å². The van der Waals surface area contributed by atoms with Crippen molar-refractivity contribution in [2.75, 3.05) is 32.8 Å². The standard InChI is InChI=1S/C18H37N3O3.HI/c1-6-19-17(21-14-15-23-7-2)20-13-11-9-8-10-12-16(22)24-18(3,4)5;/h6-15H2,1-5H3,(H2,19,20,21);1H. The molecule has 7 heteroatoms. The molecule has 0 aromatic rings. The number of guanidine groups is 1. The second-order valence-corrected chi connectivity index (χ2v) is 6.64. The van der Waals surface area contributed by atoms with E-state index in [1.165, 1.54) is 0 Å². The third kappa shape index (κ3) is 19.6. The molecule has 0 aliphatic heterocycles. The van der Waals surface area contributed by atoms with Crippen molar-refractivity contribution in [3.05, 3.63) is 0 Å². The van der Waals surface area contributed by atoms with Gasteiger partial charge in [-0.1, -0.05) is 12.8 Å². The quantitative estimate of drug-likeness (QED) is 0.150. The number of rotatable bonds is 12. The van der Waals surface area contributed by atoms with E-state index < -0.39 is 0 Å². The molecule has 0 aromatic carbocycles. The molecule has 0 aliphatic rings. The lowest BCUT2D eigenvalue weighted by Crippen LogP contribution is -2.39. The zero-order chi connectivity index (χ0) is 18.3. The first-order valence-electron chi connectivity index (χ1n) is 9.20. The van der Waals surface area contributed by atoms with Crippen molar-refractivity contribution in [3.8, 4) is 0 Å². The van der Waals surface area contributed by atoms with Gasteiger partial charge in [-0.2, -0.15) is 0 Å². The molecule has 0 saturated heterocycles. The van der Waals surface area contributed by atoms with Crippen LogP contribution in [0.5, 0.6) is 0 Å². The summed E-state index contributed by atoms with van der Waals surface area (Å²) in [7, 11) is 0. The van der Waals surface area contributed by atoms with Gasteiger partial charge in [0.25, 0.3) is 0 Å². The van der Waals surface area contributed by atoms with Gasteiger partial charge in [-0.05, 0) is 47.5 Å². The van der Waals surface area contributed by atoms with Crippen molar-refractivity contribution < 1.29 is 14.3 Å². The number of aliphatic imine (C=N–C) groups is 1. The van der Waals surface area contributed by atoms with Crippen LogP contribution >= 0.6 is 24.0 Å². The maximum Gasteiger partial charge on any atom is 0.306 e. The summed E-state index contributed by atoms with van der Waals surface area (Å²) in [6, 6.07) is 0. The van der Waals surface area contributed by atoms with Crippen LogP contribution in [0.1, 0.15) is 66.7 Å². The monoisotopic (exact) mass is 471 g/mol. The van der Waals surface area contributed by atoms with Gasteiger partial charge in [-0.25, -0.2) is 0 Å². The van der Waals surface area contributed by atoms with E-state index in [1.807, 2.05) is 27.7 Å². The Balaban J connectivity index is 0. The minimum Gasteiger partial charge on any atom is -0.460 e. The van der Waals surface area contributed by atoms with E-state index >= 15 is 0 Å².